The summed E-state index contributed by atoms with van der Waals surface area (Å²) in [6.45, 7) is 1.52. The number of nitrogens with zero attached hydrogens (tertiary/aromatic N) is 1. The molecule has 0 amide bonds. The van der Waals surface area contributed by atoms with E-state index in [9.17, 15) is 21.2 Å². The van der Waals surface area contributed by atoms with Gasteiger partial charge in [0, 0.05) is 20.6 Å². The minimum absolute atomic E-state index is 0.00347. The Morgan fingerprint density at radius 1 is 1.00 bits per heavy atom. The highest BCUT2D eigenvalue weighted by atomic mass is 32.2. The van der Waals surface area contributed by atoms with Crippen molar-refractivity contribution in [2.75, 3.05) is 27.2 Å². The van der Waals surface area contributed by atoms with Crippen LogP contribution in [0.25, 0.3) is 0 Å². The lowest BCUT2D eigenvalue weighted by Gasteiger charge is -2.12. The molecule has 0 unspecified atom stereocenters. The smallest absolute Gasteiger partial charge is 0.242 e. The summed E-state index contributed by atoms with van der Waals surface area (Å²) in [5.74, 6) is -0.0680. The Hall–Kier alpha value is -2.01. The summed E-state index contributed by atoms with van der Waals surface area (Å²) in [6, 6.07) is 9.36. The summed E-state index contributed by atoms with van der Waals surface area (Å²) in [5.41, 5.74) is 0.238. The highest BCUT2D eigenvalue weighted by molar-refractivity contribution is 7.89. The fraction of sp³-hybridized carbons (Fsp3) is 0.294. The first-order valence-electron chi connectivity index (χ1n) is 7.95. The van der Waals surface area contributed by atoms with Gasteiger partial charge in [-0.3, -0.25) is 0 Å². The first-order valence-corrected chi connectivity index (χ1v) is 10.9. The SMILES string of the molecule is Cc1cc(S(=O)(=O)NCCOc2ccc(S(=O)(=O)N(C)C)cc2)ccc1F. The van der Waals surface area contributed by atoms with Gasteiger partial charge in [0.15, 0.2) is 0 Å². The van der Waals surface area contributed by atoms with Crippen LogP contribution in [0.2, 0.25) is 0 Å². The largest absolute Gasteiger partial charge is 0.492 e. The number of ether oxygens (including phenoxy) is 1. The Labute approximate surface area is 158 Å². The Morgan fingerprint density at radius 2 is 1.59 bits per heavy atom. The minimum Gasteiger partial charge on any atom is -0.492 e. The van der Waals surface area contributed by atoms with Gasteiger partial charge in [-0.05, 0) is 55.0 Å². The van der Waals surface area contributed by atoms with Gasteiger partial charge >= 0.3 is 0 Å². The average molecular weight is 416 g/mol. The van der Waals surface area contributed by atoms with E-state index in [4.69, 9.17) is 4.74 Å². The minimum atomic E-state index is -3.77. The Bertz CT molecular complexity index is 1000. The van der Waals surface area contributed by atoms with E-state index in [-0.39, 0.29) is 28.5 Å². The van der Waals surface area contributed by atoms with E-state index in [0.717, 1.165) is 10.4 Å². The molecule has 27 heavy (non-hydrogen) atoms. The predicted octanol–water partition coefficient (Wildman–Crippen LogP) is 1.74. The molecule has 2 rings (SSSR count). The molecule has 2 aromatic rings. The summed E-state index contributed by atoms with van der Waals surface area (Å²) in [5, 5.41) is 0. The van der Waals surface area contributed by atoms with Gasteiger partial charge in [0.05, 0.1) is 9.79 Å². The molecule has 0 aliphatic carbocycles. The van der Waals surface area contributed by atoms with Crippen molar-refractivity contribution in [1.29, 1.82) is 0 Å². The van der Waals surface area contributed by atoms with Crippen LogP contribution in [0, 0.1) is 12.7 Å². The van der Waals surface area contributed by atoms with Gasteiger partial charge in [-0.2, -0.15) is 0 Å². The van der Waals surface area contributed by atoms with Crippen LogP contribution in [0.5, 0.6) is 5.75 Å². The number of aryl methyl sites for hydroxylation is 1. The molecular formula is C17H21FN2O5S2. The van der Waals surface area contributed by atoms with Crippen molar-refractivity contribution in [3.8, 4) is 5.75 Å². The third-order valence-corrected chi connectivity index (χ3v) is 6.99. The highest BCUT2D eigenvalue weighted by Gasteiger charge is 2.17. The number of sulfonamides is 2. The maximum Gasteiger partial charge on any atom is 0.242 e. The van der Waals surface area contributed by atoms with E-state index in [1.807, 2.05) is 0 Å². The van der Waals surface area contributed by atoms with Crippen LogP contribution in [0.15, 0.2) is 52.3 Å². The van der Waals surface area contributed by atoms with Gasteiger partial charge in [0.25, 0.3) is 0 Å². The van der Waals surface area contributed by atoms with Gasteiger partial charge in [-0.15, -0.1) is 0 Å². The molecule has 0 aliphatic rings. The van der Waals surface area contributed by atoms with Crippen LogP contribution in [-0.4, -0.2) is 48.4 Å². The molecular weight excluding hydrogens is 395 g/mol. The van der Waals surface area contributed by atoms with Gasteiger partial charge < -0.3 is 4.74 Å². The average Bonchev–Trinajstić information content (AvgIpc) is 2.61. The Morgan fingerprint density at radius 3 is 2.15 bits per heavy atom. The first kappa shape index (κ1) is 21.3. The normalized spacial score (nSPS) is 12.3. The second-order valence-electron chi connectivity index (χ2n) is 5.92. The lowest BCUT2D eigenvalue weighted by molar-refractivity contribution is 0.322. The zero-order valence-electron chi connectivity index (χ0n) is 15.1. The van der Waals surface area contributed by atoms with Gasteiger partial charge in [-0.1, -0.05) is 0 Å². The molecule has 0 radical (unpaired) electrons. The molecule has 10 heteroatoms. The lowest BCUT2D eigenvalue weighted by atomic mass is 10.2. The van der Waals surface area contributed by atoms with Crippen LogP contribution in [0.3, 0.4) is 0 Å². The van der Waals surface area contributed by atoms with Crippen molar-refractivity contribution in [2.24, 2.45) is 0 Å². The first-order chi connectivity index (χ1) is 12.5. The van der Waals surface area contributed by atoms with Crippen LogP contribution >= 0.6 is 0 Å². The van der Waals surface area contributed by atoms with Crippen LogP contribution in [0.1, 0.15) is 5.56 Å². The number of hydrogen-bond donors (Lipinski definition) is 1. The fourth-order valence-corrected chi connectivity index (χ4v) is 4.13. The summed E-state index contributed by atoms with van der Waals surface area (Å²) in [6.07, 6.45) is 0. The van der Waals surface area contributed by atoms with Crippen molar-refractivity contribution in [2.45, 2.75) is 16.7 Å². The monoisotopic (exact) mass is 416 g/mol. The van der Waals surface area contributed by atoms with Crippen LogP contribution in [0.4, 0.5) is 4.39 Å². The maximum absolute atomic E-state index is 13.3. The molecule has 0 saturated heterocycles. The number of halogens is 1. The topological polar surface area (TPSA) is 92.8 Å². The summed E-state index contributed by atoms with van der Waals surface area (Å²) < 4.78 is 70.4. The maximum atomic E-state index is 13.3. The molecule has 0 fully saturated rings. The van der Waals surface area contributed by atoms with Gasteiger partial charge in [0.1, 0.15) is 18.2 Å². The quantitative estimate of drug-likeness (QED) is 0.662. The number of benzene rings is 2. The second kappa shape index (κ2) is 8.34. The molecule has 0 heterocycles. The number of rotatable bonds is 8. The zero-order chi connectivity index (χ0) is 20.2. The molecule has 0 aromatic heterocycles. The van der Waals surface area contributed by atoms with Gasteiger partial charge in [0.2, 0.25) is 20.0 Å². The summed E-state index contributed by atoms with van der Waals surface area (Å²) >= 11 is 0. The highest BCUT2D eigenvalue weighted by Crippen LogP contribution is 2.18. The number of hydrogen-bond acceptors (Lipinski definition) is 5. The Balaban J connectivity index is 1.92. The zero-order valence-corrected chi connectivity index (χ0v) is 16.8. The van der Waals surface area contributed by atoms with E-state index < -0.39 is 25.9 Å². The number of nitrogens with one attached hydrogen (secondary N) is 1. The van der Waals surface area contributed by atoms with Gasteiger partial charge in [-0.25, -0.2) is 30.3 Å². The van der Waals surface area contributed by atoms with E-state index in [1.165, 1.54) is 57.4 Å². The van der Waals surface area contributed by atoms with Crippen molar-refractivity contribution in [1.82, 2.24) is 9.03 Å². The molecule has 0 bridgehead atoms. The third-order valence-electron chi connectivity index (χ3n) is 3.70. The third kappa shape index (κ3) is 5.25. The van der Waals surface area contributed by atoms with Crippen molar-refractivity contribution in [3.05, 3.63) is 53.8 Å². The standard InChI is InChI=1S/C17H21FN2O5S2/c1-13-12-16(8-9-17(13)18)26(21,22)19-10-11-25-14-4-6-15(7-5-14)27(23,24)20(2)3/h4-9,12,19H,10-11H2,1-3H3. The summed E-state index contributed by atoms with van der Waals surface area (Å²) in [7, 11) is -4.41. The van der Waals surface area contributed by atoms with E-state index >= 15 is 0 Å². The van der Waals surface area contributed by atoms with E-state index in [1.54, 1.807) is 0 Å². The molecule has 7 nitrogen and oxygen atoms in total. The van der Waals surface area contributed by atoms with Crippen molar-refractivity contribution < 1.29 is 26.0 Å². The molecule has 0 saturated carbocycles. The molecule has 0 aliphatic heterocycles. The molecule has 0 spiro atoms. The van der Waals surface area contributed by atoms with Crippen molar-refractivity contribution in [3.63, 3.8) is 0 Å². The molecule has 0 atom stereocenters. The fourth-order valence-electron chi connectivity index (χ4n) is 2.13. The second-order valence-corrected chi connectivity index (χ2v) is 9.83. The lowest BCUT2D eigenvalue weighted by Crippen LogP contribution is -2.28. The van der Waals surface area contributed by atoms with E-state index in [0.29, 0.717) is 5.75 Å². The molecule has 2 aromatic carbocycles. The van der Waals surface area contributed by atoms with E-state index in [2.05, 4.69) is 4.72 Å². The van der Waals surface area contributed by atoms with Crippen LogP contribution in [-0.2, 0) is 20.0 Å². The molecule has 148 valence electrons. The Kier molecular flexibility index (Phi) is 6.58. The van der Waals surface area contributed by atoms with Crippen molar-refractivity contribution >= 4 is 20.0 Å². The predicted molar refractivity (Wildman–Crippen MR) is 99.1 cm³/mol. The van der Waals surface area contributed by atoms with Crippen LogP contribution < -0.4 is 9.46 Å². The molecule has 1 N–H and O–H groups in total. The summed E-state index contributed by atoms with van der Waals surface area (Å²) in [4.78, 5) is 0.104.